The maximum Gasteiger partial charge on any atom is 0.143 e. The van der Waals surface area contributed by atoms with Crippen LogP contribution >= 0.6 is 0 Å². The van der Waals surface area contributed by atoms with E-state index >= 15 is 0 Å². The first kappa shape index (κ1) is 31.2. The molecule has 0 bridgehead atoms. The van der Waals surface area contributed by atoms with Gasteiger partial charge < -0.3 is 14.2 Å². The molecule has 3 nitrogen and oxygen atoms in total. The maximum atomic E-state index is 6.76. The van der Waals surface area contributed by atoms with Crippen LogP contribution in [0.25, 0.3) is 65.0 Å². The standard InChI is InChI=1S/C52H34N2O/c1-3-17-37(18-4-1)53(38-19-5-2-6-20-38)39-27-29-40(30-28-39)54(51-42-21-9-7-15-35(42)33-36-16-8-10-22-43(36)51)41-31-32-45-44-23-11-12-24-46(44)50-47-25-13-14-26-49(47)55-52(50)48(45)34-41/h1-34H. The molecule has 0 aliphatic heterocycles. The summed E-state index contributed by atoms with van der Waals surface area (Å²) in [6.45, 7) is 0. The summed E-state index contributed by atoms with van der Waals surface area (Å²) in [5, 5.41) is 11.7. The zero-order chi connectivity index (χ0) is 36.3. The van der Waals surface area contributed by atoms with E-state index in [2.05, 4.69) is 210 Å². The molecule has 0 radical (unpaired) electrons. The predicted molar refractivity (Wildman–Crippen MR) is 233 cm³/mol. The summed E-state index contributed by atoms with van der Waals surface area (Å²) < 4.78 is 6.76. The monoisotopic (exact) mass is 702 g/mol. The number of furan rings is 1. The number of anilines is 6. The van der Waals surface area contributed by atoms with Crippen LogP contribution in [0.3, 0.4) is 0 Å². The molecule has 0 aliphatic carbocycles. The van der Waals surface area contributed by atoms with Gasteiger partial charge in [-0.2, -0.15) is 0 Å². The first-order chi connectivity index (χ1) is 27.3. The Kier molecular flexibility index (Phi) is 7.17. The number of hydrogen-bond acceptors (Lipinski definition) is 3. The highest BCUT2D eigenvalue weighted by atomic mass is 16.3. The van der Waals surface area contributed by atoms with E-state index in [0.29, 0.717) is 0 Å². The Morgan fingerprint density at radius 2 is 0.745 bits per heavy atom. The lowest BCUT2D eigenvalue weighted by molar-refractivity contribution is 0.673. The van der Waals surface area contributed by atoms with Gasteiger partial charge in [0.15, 0.2) is 0 Å². The number of nitrogens with zero attached hydrogens (tertiary/aromatic N) is 2. The fourth-order valence-corrected chi connectivity index (χ4v) is 8.52. The molecule has 0 saturated carbocycles. The molecule has 1 aromatic heterocycles. The highest BCUT2D eigenvalue weighted by molar-refractivity contribution is 6.30. The number of benzene rings is 10. The molecule has 55 heavy (non-hydrogen) atoms. The number of fused-ring (bicyclic) bond motifs is 10. The van der Waals surface area contributed by atoms with Crippen LogP contribution in [-0.4, -0.2) is 0 Å². The lowest BCUT2D eigenvalue weighted by atomic mass is 9.95. The molecule has 0 aliphatic rings. The van der Waals surface area contributed by atoms with E-state index in [1.54, 1.807) is 0 Å². The largest absolute Gasteiger partial charge is 0.455 e. The van der Waals surface area contributed by atoms with Gasteiger partial charge in [0, 0.05) is 55.4 Å². The van der Waals surface area contributed by atoms with Crippen LogP contribution in [0.15, 0.2) is 211 Å². The van der Waals surface area contributed by atoms with E-state index in [9.17, 15) is 0 Å². The summed E-state index contributed by atoms with van der Waals surface area (Å²) in [6, 6.07) is 73.9. The molecule has 0 amide bonds. The molecule has 0 saturated heterocycles. The van der Waals surface area contributed by atoms with E-state index in [4.69, 9.17) is 4.42 Å². The minimum atomic E-state index is 0.898. The summed E-state index contributed by atoms with van der Waals surface area (Å²) in [4.78, 5) is 4.74. The summed E-state index contributed by atoms with van der Waals surface area (Å²) in [5.41, 5.74) is 8.37. The molecule has 11 rings (SSSR count). The third-order valence-corrected chi connectivity index (χ3v) is 10.9. The zero-order valence-corrected chi connectivity index (χ0v) is 29.9. The van der Waals surface area contributed by atoms with E-state index in [1.165, 1.54) is 37.7 Å². The van der Waals surface area contributed by atoms with Crippen molar-refractivity contribution in [1.82, 2.24) is 0 Å². The molecule has 11 aromatic rings. The summed E-state index contributed by atoms with van der Waals surface area (Å²) in [6.07, 6.45) is 0. The van der Waals surface area contributed by atoms with Gasteiger partial charge in [-0.15, -0.1) is 0 Å². The van der Waals surface area contributed by atoms with Crippen LogP contribution < -0.4 is 9.80 Å². The van der Waals surface area contributed by atoms with Crippen LogP contribution in [0.4, 0.5) is 34.1 Å². The summed E-state index contributed by atoms with van der Waals surface area (Å²) in [7, 11) is 0. The summed E-state index contributed by atoms with van der Waals surface area (Å²) in [5.74, 6) is 0. The smallest absolute Gasteiger partial charge is 0.143 e. The third kappa shape index (κ3) is 5.05. The number of rotatable bonds is 6. The number of hydrogen-bond donors (Lipinski definition) is 0. The van der Waals surface area contributed by atoms with Crippen molar-refractivity contribution >= 4 is 99.2 Å². The van der Waals surface area contributed by atoms with Crippen molar-refractivity contribution < 1.29 is 4.42 Å². The fraction of sp³-hybridized carbons (Fsp3) is 0. The van der Waals surface area contributed by atoms with Gasteiger partial charge in [-0.3, -0.25) is 0 Å². The Morgan fingerprint density at radius 3 is 1.38 bits per heavy atom. The quantitative estimate of drug-likeness (QED) is 0.127. The second-order valence-electron chi connectivity index (χ2n) is 14.1. The van der Waals surface area contributed by atoms with Crippen LogP contribution in [0.1, 0.15) is 0 Å². The second kappa shape index (κ2) is 12.6. The fourth-order valence-electron chi connectivity index (χ4n) is 8.52. The maximum absolute atomic E-state index is 6.76. The summed E-state index contributed by atoms with van der Waals surface area (Å²) >= 11 is 0. The molecule has 0 unspecified atom stereocenters. The highest BCUT2D eigenvalue weighted by Crippen LogP contribution is 2.47. The molecule has 3 heteroatoms. The Morgan fingerprint density at radius 1 is 0.291 bits per heavy atom. The normalized spacial score (nSPS) is 11.6. The molecule has 258 valence electrons. The van der Waals surface area contributed by atoms with Gasteiger partial charge in [0.25, 0.3) is 0 Å². The van der Waals surface area contributed by atoms with Crippen molar-refractivity contribution in [2.45, 2.75) is 0 Å². The molecular weight excluding hydrogens is 669 g/mol. The third-order valence-electron chi connectivity index (χ3n) is 10.9. The topological polar surface area (TPSA) is 19.6 Å². The molecule has 0 spiro atoms. The van der Waals surface area contributed by atoms with Gasteiger partial charge in [-0.05, 0) is 99.7 Å². The van der Waals surface area contributed by atoms with Gasteiger partial charge >= 0.3 is 0 Å². The van der Waals surface area contributed by atoms with Crippen LogP contribution in [0.2, 0.25) is 0 Å². The Bertz CT molecular complexity index is 3110. The average Bonchev–Trinajstić information content (AvgIpc) is 3.65. The van der Waals surface area contributed by atoms with Crippen LogP contribution in [0, 0.1) is 0 Å². The first-order valence-electron chi connectivity index (χ1n) is 18.8. The molecule has 0 fully saturated rings. The van der Waals surface area contributed by atoms with Crippen molar-refractivity contribution in [3.8, 4) is 0 Å². The minimum Gasteiger partial charge on any atom is -0.455 e. The van der Waals surface area contributed by atoms with Crippen LogP contribution in [-0.2, 0) is 0 Å². The van der Waals surface area contributed by atoms with E-state index in [1.807, 2.05) is 6.07 Å². The van der Waals surface area contributed by atoms with E-state index < -0.39 is 0 Å². The van der Waals surface area contributed by atoms with Crippen molar-refractivity contribution in [3.05, 3.63) is 206 Å². The Labute approximate surface area is 318 Å². The molecule has 10 aromatic carbocycles. The average molecular weight is 703 g/mol. The SMILES string of the molecule is c1ccc(N(c2ccccc2)c2ccc(N(c3ccc4c5ccccc5c5c6ccccc6oc5c4c3)c3c4ccccc4cc4ccccc34)cc2)cc1. The van der Waals surface area contributed by atoms with Gasteiger partial charge in [0.1, 0.15) is 11.2 Å². The van der Waals surface area contributed by atoms with Crippen molar-refractivity contribution in [3.63, 3.8) is 0 Å². The number of para-hydroxylation sites is 3. The molecule has 0 N–H and O–H groups in total. The zero-order valence-electron chi connectivity index (χ0n) is 29.9. The van der Waals surface area contributed by atoms with Crippen molar-refractivity contribution in [2.24, 2.45) is 0 Å². The van der Waals surface area contributed by atoms with Crippen molar-refractivity contribution in [1.29, 1.82) is 0 Å². The predicted octanol–water partition coefficient (Wildman–Crippen LogP) is 15.1. The lowest BCUT2D eigenvalue weighted by Gasteiger charge is -2.30. The second-order valence-corrected chi connectivity index (χ2v) is 14.1. The van der Waals surface area contributed by atoms with Crippen molar-refractivity contribution in [2.75, 3.05) is 9.80 Å². The van der Waals surface area contributed by atoms with E-state index in [0.717, 1.165) is 61.4 Å². The molecule has 1 heterocycles. The van der Waals surface area contributed by atoms with Gasteiger partial charge in [-0.25, -0.2) is 0 Å². The van der Waals surface area contributed by atoms with E-state index in [-0.39, 0.29) is 0 Å². The highest BCUT2D eigenvalue weighted by Gasteiger charge is 2.22. The molecular formula is C52H34N2O. The lowest BCUT2D eigenvalue weighted by Crippen LogP contribution is -2.13. The van der Waals surface area contributed by atoms with Gasteiger partial charge in [0.05, 0.1) is 5.69 Å². The minimum absolute atomic E-state index is 0.898. The van der Waals surface area contributed by atoms with Crippen LogP contribution in [0.5, 0.6) is 0 Å². The Balaban J connectivity index is 1.19. The van der Waals surface area contributed by atoms with Gasteiger partial charge in [0.2, 0.25) is 0 Å². The first-order valence-corrected chi connectivity index (χ1v) is 18.8. The molecule has 0 atom stereocenters. The van der Waals surface area contributed by atoms with Gasteiger partial charge in [-0.1, -0.05) is 133 Å². The Hall–Kier alpha value is -7.36.